The van der Waals surface area contributed by atoms with Crippen molar-refractivity contribution < 1.29 is 24.6 Å². The summed E-state index contributed by atoms with van der Waals surface area (Å²) in [6, 6.07) is 0. The summed E-state index contributed by atoms with van der Waals surface area (Å²) >= 11 is 6.75. The van der Waals surface area contributed by atoms with Gasteiger partial charge in [-0.3, -0.25) is 19.3 Å². The van der Waals surface area contributed by atoms with Gasteiger partial charge in [-0.1, -0.05) is 30.4 Å². The Hall–Kier alpha value is -1.39. The second-order valence-corrected chi connectivity index (χ2v) is 6.73. The van der Waals surface area contributed by atoms with E-state index in [4.69, 9.17) is 22.4 Å². The Morgan fingerprint density at radius 1 is 1.17 bits per heavy atom. The highest BCUT2D eigenvalue weighted by atomic mass is 32.2. The first-order valence-corrected chi connectivity index (χ1v) is 8.62. The number of unbranched alkanes of at least 4 members (excludes halogenated alkanes) is 2. The fourth-order valence-electron chi connectivity index (χ4n) is 2.02. The van der Waals surface area contributed by atoms with E-state index >= 15 is 0 Å². The van der Waals surface area contributed by atoms with E-state index in [-0.39, 0.29) is 25.4 Å². The highest BCUT2D eigenvalue weighted by Crippen LogP contribution is 2.19. The average Bonchev–Trinajstić information content (AvgIpc) is 2.47. The zero-order valence-corrected chi connectivity index (χ0v) is 14.3. The van der Waals surface area contributed by atoms with Crippen LogP contribution in [0.5, 0.6) is 0 Å². The first-order valence-electron chi connectivity index (χ1n) is 7.23. The van der Waals surface area contributed by atoms with E-state index in [0.29, 0.717) is 19.0 Å². The number of carbonyl (C=O) groups excluding carboxylic acids is 1. The molecule has 1 saturated heterocycles. The van der Waals surface area contributed by atoms with Crippen molar-refractivity contribution in [3.8, 4) is 0 Å². The number of nitrogens with one attached hydrogen (secondary N) is 1. The molecule has 0 aliphatic carbocycles. The Labute approximate surface area is 144 Å². The van der Waals surface area contributed by atoms with E-state index in [1.165, 1.54) is 11.8 Å². The van der Waals surface area contributed by atoms with Crippen LogP contribution in [-0.2, 0) is 14.4 Å². The van der Waals surface area contributed by atoms with Crippen molar-refractivity contribution in [2.75, 3.05) is 32.2 Å². The van der Waals surface area contributed by atoms with Gasteiger partial charge in [0.15, 0.2) is 0 Å². The molecule has 8 nitrogen and oxygen atoms in total. The minimum Gasteiger partial charge on any atom is -0.481 e. The molecule has 1 amide bonds. The first kappa shape index (κ1) is 19.7. The third-order valence-corrected chi connectivity index (χ3v) is 4.73. The maximum absolute atomic E-state index is 11.6. The molecule has 0 aromatic carbocycles. The number of carboxylic acid groups (broad SMARTS) is 2. The van der Waals surface area contributed by atoms with E-state index in [9.17, 15) is 14.4 Å². The number of amides is 1. The third kappa shape index (κ3) is 8.72. The van der Waals surface area contributed by atoms with Crippen LogP contribution in [0, 0.1) is 0 Å². The van der Waals surface area contributed by atoms with Gasteiger partial charge >= 0.3 is 11.9 Å². The molecule has 0 bridgehead atoms. The Kier molecular flexibility index (Phi) is 8.89. The molecule has 23 heavy (non-hydrogen) atoms. The van der Waals surface area contributed by atoms with E-state index in [1.54, 1.807) is 0 Å². The first-order chi connectivity index (χ1) is 10.9. The molecule has 0 radical (unpaired) electrons. The van der Waals surface area contributed by atoms with Gasteiger partial charge < -0.3 is 20.4 Å². The summed E-state index contributed by atoms with van der Waals surface area (Å²) in [5, 5.41) is 19.4. The second kappa shape index (κ2) is 10.4. The number of carbonyl (C=O) groups is 3. The smallest absolute Gasteiger partial charge is 0.322 e. The molecule has 0 aromatic heterocycles. The average molecular weight is 363 g/mol. The van der Waals surface area contributed by atoms with Gasteiger partial charge in [-0.15, -0.1) is 0 Å². The van der Waals surface area contributed by atoms with Crippen LogP contribution in [0.1, 0.15) is 25.7 Å². The molecule has 0 unspecified atom stereocenters. The highest BCUT2D eigenvalue weighted by molar-refractivity contribution is 8.22. The van der Waals surface area contributed by atoms with Crippen LogP contribution in [0.4, 0.5) is 0 Å². The maximum atomic E-state index is 11.6. The quantitative estimate of drug-likeness (QED) is 0.375. The Morgan fingerprint density at radius 2 is 1.91 bits per heavy atom. The number of thioether (sulfide) groups is 1. The summed E-state index contributed by atoms with van der Waals surface area (Å²) in [6.07, 6.45) is 2.47. The molecule has 1 rings (SSSR count). The lowest BCUT2D eigenvalue weighted by Gasteiger charge is -2.36. The van der Waals surface area contributed by atoms with Gasteiger partial charge in [0.2, 0.25) is 5.91 Å². The van der Waals surface area contributed by atoms with Crippen molar-refractivity contribution in [1.29, 1.82) is 0 Å². The minimum atomic E-state index is -1.07. The molecule has 1 aliphatic heterocycles. The van der Waals surface area contributed by atoms with E-state index in [2.05, 4.69) is 5.32 Å². The largest absolute Gasteiger partial charge is 0.481 e. The van der Waals surface area contributed by atoms with Crippen LogP contribution in [0.2, 0.25) is 0 Å². The lowest BCUT2D eigenvalue weighted by atomic mass is 10.2. The van der Waals surface area contributed by atoms with Crippen LogP contribution < -0.4 is 5.32 Å². The van der Waals surface area contributed by atoms with E-state index in [0.717, 1.165) is 23.7 Å². The van der Waals surface area contributed by atoms with Crippen molar-refractivity contribution in [2.45, 2.75) is 25.7 Å². The van der Waals surface area contributed by atoms with Crippen LogP contribution in [0.25, 0.3) is 0 Å². The van der Waals surface area contributed by atoms with Crippen LogP contribution >= 0.6 is 24.0 Å². The lowest BCUT2D eigenvalue weighted by Crippen LogP contribution is -2.48. The molecule has 3 N–H and O–H groups in total. The van der Waals surface area contributed by atoms with Gasteiger partial charge in [0.25, 0.3) is 0 Å². The number of carboxylic acids is 2. The predicted molar refractivity (Wildman–Crippen MR) is 90.1 cm³/mol. The summed E-state index contributed by atoms with van der Waals surface area (Å²) in [7, 11) is 0. The number of nitrogens with zero attached hydrogens (tertiary/aromatic N) is 2. The molecule has 1 heterocycles. The molecule has 1 aliphatic rings. The Morgan fingerprint density at radius 3 is 2.57 bits per heavy atom. The van der Waals surface area contributed by atoms with E-state index in [1.807, 2.05) is 9.80 Å². The number of hydrogen-bond acceptors (Lipinski definition) is 6. The van der Waals surface area contributed by atoms with E-state index < -0.39 is 11.9 Å². The summed E-state index contributed by atoms with van der Waals surface area (Å²) in [5.74, 6) is -1.60. The van der Waals surface area contributed by atoms with Gasteiger partial charge in [-0.05, 0) is 12.8 Å². The fourth-order valence-corrected chi connectivity index (χ4v) is 3.13. The normalized spacial score (nSPS) is 15.5. The molecular weight excluding hydrogens is 342 g/mol. The summed E-state index contributed by atoms with van der Waals surface area (Å²) in [5.41, 5.74) is 0. The van der Waals surface area contributed by atoms with Crippen molar-refractivity contribution in [1.82, 2.24) is 15.1 Å². The monoisotopic (exact) mass is 363 g/mol. The molecule has 1 fully saturated rings. The number of hydrogen-bond donors (Lipinski definition) is 3. The predicted octanol–water partition coefficient (Wildman–Crippen LogP) is 0.383. The minimum absolute atomic E-state index is 0.123. The van der Waals surface area contributed by atoms with Gasteiger partial charge in [0.1, 0.15) is 10.9 Å². The summed E-state index contributed by atoms with van der Waals surface area (Å²) < 4.78 is 0.769. The standard InChI is InChI=1S/C13H21N3O5S2/c17-10(14-6-12(20)21)7-15-8-16(13(22)23-9-15)5-3-1-2-4-11(18)19/h1-9H2,(H,14,17)(H,18,19)(H,20,21). The molecule has 0 saturated carbocycles. The maximum Gasteiger partial charge on any atom is 0.322 e. The topological polar surface area (TPSA) is 110 Å². The van der Waals surface area contributed by atoms with Crippen LogP contribution in [0.15, 0.2) is 0 Å². The molecule has 0 atom stereocenters. The number of rotatable bonds is 10. The Bertz CT molecular complexity index is 461. The Balaban J connectivity index is 2.28. The van der Waals surface area contributed by atoms with Gasteiger partial charge in [-0.25, -0.2) is 0 Å². The van der Waals surface area contributed by atoms with Gasteiger partial charge in [-0.2, -0.15) is 0 Å². The number of aliphatic carboxylic acids is 2. The summed E-state index contributed by atoms with van der Waals surface area (Å²) in [6.45, 7) is 0.980. The van der Waals surface area contributed by atoms with Crippen LogP contribution in [-0.4, -0.2) is 74.4 Å². The summed E-state index contributed by atoms with van der Waals surface area (Å²) in [4.78, 5) is 36.4. The lowest BCUT2D eigenvalue weighted by molar-refractivity contribution is -0.138. The van der Waals surface area contributed by atoms with Gasteiger partial charge in [0, 0.05) is 13.0 Å². The van der Waals surface area contributed by atoms with Crippen LogP contribution in [0.3, 0.4) is 0 Å². The zero-order valence-electron chi connectivity index (χ0n) is 12.7. The second-order valence-electron chi connectivity index (χ2n) is 5.15. The van der Waals surface area contributed by atoms with Crippen molar-refractivity contribution in [3.63, 3.8) is 0 Å². The highest BCUT2D eigenvalue weighted by Gasteiger charge is 2.22. The van der Waals surface area contributed by atoms with Crippen molar-refractivity contribution in [2.24, 2.45) is 0 Å². The third-order valence-electron chi connectivity index (χ3n) is 3.12. The molecule has 0 spiro atoms. The van der Waals surface area contributed by atoms with Crippen molar-refractivity contribution >= 4 is 46.1 Å². The van der Waals surface area contributed by atoms with Gasteiger partial charge in [0.05, 0.1) is 19.1 Å². The fraction of sp³-hybridized carbons (Fsp3) is 0.692. The molecule has 130 valence electrons. The molecule has 0 aromatic rings. The SMILES string of the molecule is O=C(O)CCCCCN1CN(CC(=O)NCC(=O)O)CSC1=S. The number of thiocarbonyl (C=S) groups is 1. The zero-order chi connectivity index (χ0) is 17.2. The van der Waals surface area contributed by atoms with Crippen molar-refractivity contribution in [3.05, 3.63) is 0 Å². The molecular formula is C13H21N3O5S2. The molecule has 10 heteroatoms.